The average Bonchev–Trinajstić information content (AvgIpc) is 3.74. The smallest absolute Gasteiger partial charge is 0.0562 e. The molecule has 0 amide bonds. The third-order valence-electron chi connectivity index (χ3n) is 9.43. The molecule has 3 aromatic heterocycles. The molecule has 0 fully saturated rings. The summed E-state index contributed by atoms with van der Waals surface area (Å²) in [7, 11) is 0. The molecule has 3 nitrogen and oxygen atoms in total. The zero-order valence-electron chi connectivity index (χ0n) is 24.4. The third kappa shape index (κ3) is 3.35. The molecular formula is C42H27N3. The number of aromatic nitrogens is 3. The fourth-order valence-electron chi connectivity index (χ4n) is 7.60. The fourth-order valence-corrected chi connectivity index (χ4v) is 7.60. The highest BCUT2D eigenvalue weighted by atomic mass is 15.0. The predicted molar refractivity (Wildman–Crippen MR) is 189 cm³/mol. The molecule has 0 radical (unpaired) electrons. The molecule has 0 saturated carbocycles. The molecule has 0 spiro atoms. The van der Waals surface area contributed by atoms with Gasteiger partial charge < -0.3 is 13.7 Å². The van der Waals surface area contributed by atoms with Crippen molar-refractivity contribution in [1.29, 1.82) is 0 Å². The van der Waals surface area contributed by atoms with Crippen molar-refractivity contribution >= 4 is 65.4 Å². The summed E-state index contributed by atoms with van der Waals surface area (Å²) in [4.78, 5) is 0. The molecule has 0 aliphatic rings. The molecule has 10 rings (SSSR count). The minimum absolute atomic E-state index is 1.16. The molecule has 7 aromatic carbocycles. The number of fused-ring (bicyclic) bond motifs is 9. The van der Waals surface area contributed by atoms with Crippen molar-refractivity contribution in [2.75, 3.05) is 0 Å². The highest BCUT2D eigenvalue weighted by molar-refractivity contribution is 6.17. The van der Waals surface area contributed by atoms with Gasteiger partial charge in [0, 0.05) is 43.7 Å². The quantitative estimate of drug-likeness (QED) is 0.200. The van der Waals surface area contributed by atoms with Crippen LogP contribution in [-0.4, -0.2) is 13.7 Å². The molecule has 3 heteroatoms. The van der Waals surface area contributed by atoms with Gasteiger partial charge in [0.2, 0.25) is 0 Å². The summed E-state index contributed by atoms with van der Waals surface area (Å²) in [6, 6.07) is 59.4. The summed E-state index contributed by atoms with van der Waals surface area (Å²) in [5.74, 6) is 0. The maximum absolute atomic E-state index is 2.44. The second kappa shape index (κ2) is 9.22. The number of hydrogen-bond acceptors (Lipinski definition) is 0. The van der Waals surface area contributed by atoms with Gasteiger partial charge in [-0.25, -0.2) is 0 Å². The van der Waals surface area contributed by atoms with Crippen molar-refractivity contribution in [2.24, 2.45) is 0 Å². The minimum atomic E-state index is 1.16. The molecule has 210 valence electrons. The summed E-state index contributed by atoms with van der Waals surface area (Å²) in [5.41, 5.74) is 10.8. The summed E-state index contributed by atoms with van der Waals surface area (Å²) >= 11 is 0. The average molecular weight is 574 g/mol. The van der Waals surface area contributed by atoms with Crippen LogP contribution in [0, 0.1) is 0 Å². The van der Waals surface area contributed by atoms with Gasteiger partial charge in [-0.2, -0.15) is 0 Å². The van der Waals surface area contributed by atoms with Crippen molar-refractivity contribution in [3.63, 3.8) is 0 Å². The highest BCUT2D eigenvalue weighted by Crippen LogP contribution is 2.41. The van der Waals surface area contributed by atoms with Crippen LogP contribution in [0.4, 0.5) is 0 Å². The largest absolute Gasteiger partial charge is 0.309 e. The van der Waals surface area contributed by atoms with E-state index in [0.29, 0.717) is 0 Å². The lowest BCUT2D eigenvalue weighted by Gasteiger charge is -2.12. The normalized spacial score (nSPS) is 12.0. The van der Waals surface area contributed by atoms with E-state index in [4.69, 9.17) is 0 Å². The number of rotatable bonds is 3. The zero-order valence-corrected chi connectivity index (χ0v) is 24.4. The van der Waals surface area contributed by atoms with E-state index in [1.165, 1.54) is 76.8 Å². The van der Waals surface area contributed by atoms with Crippen molar-refractivity contribution in [3.8, 4) is 17.1 Å². The molecule has 0 N–H and O–H groups in total. The summed E-state index contributed by atoms with van der Waals surface area (Å²) in [6.07, 6.45) is 0. The maximum Gasteiger partial charge on any atom is 0.0562 e. The Morgan fingerprint density at radius 3 is 1.40 bits per heavy atom. The molecule has 10 aromatic rings. The van der Waals surface area contributed by atoms with E-state index in [1.54, 1.807) is 0 Å². The van der Waals surface area contributed by atoms with Crippen LogP contribution in [0.15, 0.2) is 164 Å². The Hall–Kier alpha value is -6.06. The molecule has 0 bridgehead atoms. The zero-order chi connectivity index (χ0) is 29.5. The first-order valence-corrected chi connectivity index (χ1v) is 15.5. The van der Waals surface area contributed by atoms with Crippen LogP contribution in [-0.2, 0) is 0 Å². The summed E-state index contributed by atoms with van der Waals surface area (Å²) in [5, 5.41) is 7.55. The second-order valence-electron chi connectivity index (χ2n) is 11.8. The minimum Gasteiger partial charge on any atom is -0.309 e. The standard InChI is InChI=1S/C42H27N3/c1-2-13-28(14-3-1)43-35-19-8-6-17-32(35)34-27-29(25-26-39(34)43)44-38-22-11-7-18-33(38)42-40(44)23-12-24-41(42)45-36-20-9-4-15-30(36)31-16-5-10-21-37(31)45/h1-27H. The van der Waals surface area contributed by atoms with Crippen LogP contribution in [0.3, 0.4) is 0 Å². The van der Waals surface area contributed by atoms with Crippen LogP contribution in [0.2, 0.25) is 0 Å². The summed E-state index contributed by atoms with van der Waals surface area (Å²) in [6.45, 7) is 0. The van der Waals surface area contributed by atoms with Gasteiger partial charge in [-0.1, -0.05) is 97.1 Å². The number of benzene rings is 7. The molecule has 0 unspecified atom stereocenters. The van der Waals surface area contributed by atoms with Gasteiger partial charge in [-0.15, -0.1) is 0 Å². The molecule has 0 aliphatic carbocycles. The van der Waals surface area contributed by atoms with Crippen LogP contribution >= 0.6 is 0 Å². The molecule has 0 saturated heterocycles. The molecule has 0 aliphatic heterocycles. The summed E-state index contributed by atoms with van der Waals surface area (Å²) < 4.78 is 7.26. The van der Waals surface area contributed by atoms with Crippen LogP contribution in [0.5, 0.6) is 0 Å². The van der Waals surface area contributed by atoms with Crippen molar-refractivity contribution < 1.29 is 0 Å². The van der Waals surface area contributed by atoms with Crippen LogP contribution in [0.1, 0.15) is 0 Å². The second-order valence-corrected chi connectivity index (χ2v) is 11.8. The van der Waals surface area contributed by atoms with Crippen molar-refractivity contribution in [2.45, 2.75) is 0 Å². The van der Waals surface area contributed by atoms with Crippen molar-refractivity contribution in [1.82, 2.24) is 13.7 Å². The Morgan fingerprint density at radius 1 is 0.267 bits per heavy atom. The van der Waals surface area contributed by atoms with Gasteiger partial charge >= 0.3 is 0 Å². The number of nitrogens with zero attached hydrogens (tertiary/aromatic N) is 3. The fraction of sp³-hybridized carbons (Fsp3) is 0. The van der Waals surface area contributed by atoms with E-state index in [9.17, 15) is 0 Å². The lowest BCUT2D eigenvalue weighted by atomic mass is 10.1. The lowest BCUT2D eigenvalue weighted by molar-refractivity contribution is 1.16. The SMILES string of the molecule is c1ccc(-n2c3ccccc3c3cc(-n4c5ccccc5c5c(-n6c7ccccc7c7ccccc76)cccc54)ccc32)cc1. The first-order chi connectivity index (χ1) is 22.4. The molecular weight excluding hydrogens is 546 g/mol. The Labute approximate surface area is 259 Å². The van der Waals surface area contributed by atoms with Gasteiger partial charge in [-0.05, 0) is 66.7 Å². The van der Waals surface area contributed by atoms with E-state index in [1.807, 2.05) is 0 Å². The third-order valence-corrected chi connectivity index (χ3v) is 9.43. The molecule has 0 atom stereocenters. The first-order valence-electron chi connectivity index (χ1n) is 15.5. The topological polar surface area (TPSA) is 14.8 Å². The monoisotopic (exact) mass is 573 g/mol. The lowest BCUT2D eigenvalue weighted by Crippen LogP contribution is -1.97. The Bertz CT molecular complexity index is 2700. The van der Waals surface area contributed by atoms with E-state index in [-0.39, 0.29) is 0 Å². The van der Waals surface area contributed by atoms with Gasteiger partial charge in [0.15, 0.2) is 0 Å². The number of para-hydroxylation sites is 5. The maximum atomic E-state index is 2.44. The van der Waals surface area contributed by atoms with Gasteiger partial charge in [0.25, 0.3) is 0 Å². The molecule has 45 heavy (non-hydrogen) atoms. The highest BCUT2D eigenvalue weighted by Gasteiger charge is 2.20. The molecule has 3 heterocycles. The van der Waals surface area contributed by atoms with E-state index in [0.717, 1.165) is 5.69 Å². The van der Waals surface area contributed by atoms with Crippen molar-refractivity contribution in [3.05, 3.63) is 164 Å². The van der Waals surface area contributed by atoms with E-state index < -0.39 is 0 Å². The van der Waals surface area contributed by atoms with Crippen LogP contribution < -0.4 is 0 Å². The van der Waals surface area contributed by atoms with Gasteiger partial charge in [0.1, 0.15) is 0 Å². The van der Waals surface area contributed by atoms with Gasteiger partial charge in [-0.3, -0.25) is 0 Å². The van der Waals surface area contributed by atoms with E-state index in [2.05, 4.69) is 177 Å². The number of hydrogen-bond donors (Lipinski definition) is 0. The van der Waals surface area contributed by atoms with Gasteiger partial charge in [0.05, 0.1) is 38.8 Å². The van der Waals surface area contributed by atoms with E-state index >= 15 is 0 Å². The van der Waals surface area contributed by atoms with Crippen LogP contribution in [0.25, 0.3) is 82.5 Å². The predicted octanol–water partition coefficient (Wildman–Crippen LogP) is 11.0. The Kier molecular flexibility index (Phi) is 5.00. The Balaban J connectivity index is 1.30. The first kappa shape index (κ1) is 24.4. The Morgan fingerprint density at radius 2 is 0.733 bits per heavy atom.